The monoisotopic (exact) mass is 264 g/mol. The van der Waals surface area contributed by atoms with Crippen LogP contribution >= 0.6 is 0 Å². The molecular weight excluding hydrogens is 248 g/mol. The lowest BCUT2D eigenvalue weighted by atomic mass is 10.1. The summed E-state index contributed by atoms with van der Waals surface area (Å²) in [4.78, 5) is 4.30. The number of aliphatic hydroxyl groups is 1. The highest BCUT2D eigenvalue weighted by atomic mass is 16.3. The van der Waals surface area contributed by atoms with Gasteiger partial charge >= 0.3 is 0 Å². The first-order chi connectivity index (χ1) is 9.84. The van der Waals surface area contributed by atoms with Gasteiger partial charge in [-0.15, -0.1) is 0 Å². The van der Waals surface area contributed by atoms with E-state index in [1.807, 2.05) is 59.3 Å². The molecule has 2 aromatic carbocycles. The van der Waals surface area contributed by atoms with Gasteiger partial charge in [0.1, 0.15) is 11.9 Å². The zero-order valence-electron chi connectivity index (χ0n) is 11.1. The molecule has 0 unspecified atom stereocenters. The molecule has 0 bridgehead atoms. The van der Waals surface area contributed by atoms with E-state index in [0.717, 1.165) is 5.56 Å². The number of hydrogen-bond donors (Lipinski definition) is 1. The molecule has 0 aliphatic carbocycles. The minimum atomic E-state index is -0.699. The van der Waals surface area contributed by atoms with Gasteiger partial charge in [0.25, 0.3) is 0 Å². The van der Waals surface area contributed by atoms with Gasteiger partial charge in [-0.3, -0.25) is 0 Å². The largest absolute Gasteiger partial charge is 0.380 e. The van der Waals surface area contributed by atoms with Gasteiger partial charge in [-0.05, 0) is 11.1 Å². The lowest BCUT2D eigenvalue weighted by molar-refractivity contribution is 0.205. The van der Waals surface area contributed by atoms with Crippen molar-refractivity contribution in [1.29, 1.82) is 0 Å². The minimum absolute atomic E-state index is 0.667. The summed E-state index contributed by atoms with van der Waals surface area (Å²) in [5.41, 5.74) is 2.04. The third-order valence-electron chi connectivity index (χ3n) is 3.30. The van der Waals surface area contributed by atoms with E-state index in [-0.39, 0.29) is 0 Å². The normalized spacial score (nSPS) is 12.2. The molecule has 0 aliphatic heterocycles. The van der Waals surface area contributed by atoms with Crippen molar-refractivity contribution in [2.75, 3.05) is 0 Å². The molecular formula is C17H16N2O. The molecule has 0 saturated heterocycles. The maximum atomic E-state index is 10.5. The summed E-state index contributed by atoms with van der Waals surface area (Å²) in [6, 6.07) is 19.8. The molecule has 0 amide bonds. The standard InChI is InChI=1S/C17H16N2O/c20-16(15-9-5-2-6-10-15)17-18-11-12-19(17)13-14-7-3-1-4-8-14/h1-12,16,20H,13H2/t16-/m1/s1. The summed E-state index contributed by atoms with van der Waals surface area (Å²) in [5, 5.41) is 10.5. The van der Waals surface area contributed by atoms with Gasteiger partial charge in [0.2, 0.25) is 0 Å². The molecule has 0 aliphatic rings. The van der Waals surface area contributed by atoms with Gasteiger partial charge < -0.3 is 9.67 Å². The first kappa shape index (κ1) is 12.6. The summed E-state index contributed by atoms with van der Waals surface area (Å²) in [6.45, 7) is 0.708. The number of rotatable bonds is 4. The molecule has 0 saturated carbocycles. The molecule has 1 atom stereocenters. The second kappa shape index (κ2) is 5.72. The lowest BCUT2D eigenvalue weighted by Gasteiger charge is -2.13. The molecule has 3 rings (SSSR count). The first-order valence-corrected chi connectivity index (χ1v) is 6.62. The maximum Gasteiger partial charge on any atom is 0.142 e. The average Bonchev–Trinajstić information content (AvgIpc) is 2.96. The molecule has 3 nitrogen and oxygen atoms in total. The van der Waals surface area contributed by atoms with Crippen molar-refractivity contribution in [2.24, 2.45) is 0 Å². The van der Waals surface area contributed by atoms with Crippen LogP contribution in [-0.4, -0.2) is 14.7 Å². The number of nitrogens with zero attached hydrogens (tertiary/aromatic N) is 2. The number of aromatic nitrogens is 2. The SMILES string of the molecule is O[C@H](c1ccccc1)c1nccn1Cc1ccccc1. The van der Waals surface area contributed by atoms with Crippen LogP contribution in [0.15, 0.2) is 73.1 Å². The van der Waals surface area contributed by atoms with Gasteiger partial charge in [-0.25, -0.2) is 4.98 Å². The summed E-state index contributed by atoms with van der Waals surface area (Å²) in [6.07, 6.45) is 2.92. The Morgan fingerprint density at radius 3 is 2.30 bits per heavy atom. The summed E-state index contributed by atoms with van der Waals surface area (Å²) in [7, 11) is 0. The fraction of sp³-hybridized carbons (Fsp3) is 0.118. The van der Waals surface area contributed by atoms with Gasteiger partial charge in [-0.2, -0.15) is 0 Å². The van der Waals surface area contributed by atoms with Crippen molar-refractivity contribution in [2.45, 2.75) is 12.6 Å². The third kappa shape index (κ3) is 2.63. The molecule has 0 spiro atoms. The van der Waals surface area contributed by atoms with E-state index >= 15 is 0 Å². The van der Waals surface area contributed by atoms with Crippen LogP contribution in [-0.2, 0) is 6.54 Å². The molecule has 20 heavy (non-hydrogen) atoms. The highest BCUT2D eigenvalue weighted by molar-refractivity contribution is 5.24. The molecule has 3 aromatic rings. The Hall–Kier alpha value is -2.39. The Kier molecular flexibility index (Phi) is 3.61. The van der Waals surface area contributed by atoms with E-state index in [2.05, 4.69) is 17.1 Å². The van der Waals surface area contributed by atoms with Crippen LogP contribution < -0.4 is 0 Å². The predicted octanol–water partition coefficient (Wildman–Crippen LogP) is 3.01. The fourth-order valence-corrected chi connectivity index (χ4v) is 2.27. The number of aliphatic hydroxyl groups excluding tert-OH is 1. The van der Waals surface area contributed by atoms with Crippen molar-refractivity contribution in [3.8, 4) is 0 Å². The zero-order chi connectivity index (χ0) is 13.8. The van der Waals surface area contributed by atoms with Gasteiger partial charge in [0, 0.05) is 18.9 Å². The van der Waals surface area contributed by atoms with Gasteiger partial charge in [0.15, 0.2) is 0 Å². The van der Waals surface area contributed by atoms with E-state index < -0.39 is 6.10 Å². The van der Waals surface area contributed by atoms with Gasteiger partial charge in [0.05, 0.1) is 0 Å². The van der Waals surface area contributed by atoms with Crippen LogP contribution in [0.25, 0.3) is 0 Å². The first-order valence-electron chi connectivity index (χ1n) is 6.62. The molecule has 0 radical (unpaired) electrons. The van der Waals surface area contributed by atoms with E-state index in [1.165, 1.54) is 5.56 Å². The molecule has 0 fully saturated rings. The smallest absolute Gasteiger partial charge is 0.142 e. The summed E-state index contributed by atoms with van der Waals surface area (Å²) >= 11 is 0. The molecule has 100 valence electrons. The van der Waals surface area contributed by atoms with Crippen LogP contribution in [0.1, 0.15) is 23.1 Å². The van der Waals surface area contributed by atoms with Crippen molar-refractivity contribution in [1.82, 2.24) is 9.55 Å². The van der Waals surface area contributed by atoms with Crippen LogP contribution in [0.3, 0.4) is 0 Å². The topological polar surface area (TPSA) is 38.1 Å². The summed E-state index contributed by atoms with van der Waals surface area (Å²) in [5.74, 6) is 0.667. The number of hydrogen-bond acceptors (Lipinski definition) is 2. The zero-order valence-corrected chi connectivity index (χ0v) is 11.1. The van der Waals surface area contributed by atoms with Crippen molar-refractivity contribution >= 4 is 0 Å². The second-order valence-corrected chi connectivity index (χ2v) is 4.71. The maximum absolute atomic E-state index is 10.5. The summed E-state index contributed by atoms with van der Waals surface area (Å²) < 4.78 is 1.98. The lowest BCUT2D eigenvalue weighted by Crippen LogP contribution is -2.10. The highest BCUT2D eigenvalue weighted by Gasteiger charge is 2.15. The minimum Gasteiger partial charge on any atom is -0.380 e. The Morgan fingerprint density at radius 2 is 1.60 bits per heavy atom. The second-order valence-electron chi connectivity index (χ2n) is 4.71. The van der Waals surface area contributed by atoms with Crippen molar-refractivity contribution in [3.63, 3.8) is 0 Å². The Labute approximate surface area is 118 Å². The molecule has 1 aromatic heterocycles. The Bertz CT molecular complexity index is 662. The van der Waals surface area contributed by atoms with Crippen LogP contribution in [0.5, 0.6) is 0 Å². The highest BCUT2D eigenvalue weighted by Crippen LogP contribution is 2.20. The van der Waals surface area contributed by atoms with Crippen LogP contribution in [0.4, 0.5) is 0 Å². The third-order valence-corrected chi connectivity index (χ3v) is 3.30. The van der Waals surface area contributed by atoms with Crippen molar-refractivity contribution < 1.29 is 5.11 Å². The molecule has 1 N–H and O–H groups in total. The van der Waals surface area contributed by atoms with E-state index in [0.29, 0.717) is 12.4 Å². The Morgan fingerprint density at radius 1 is 0.950 bits per heavy atom. The number of imidazole rings is 1. The number of benzene rings is 2. The molecule has 3 heteroatoms. The average molecular weight is 264 g/mol. The van der Waals surface area contributed by atoms with E-state index in [1.54, 1.807) is 6.20 Å². The Balaban J connectivity index is 1.87. The fourth-order valence-electron chi connectivity index (χ4n) is 2.27. The van der Waals surface area contributed by atoms with E-state index in [9.17, 15) is 5.11 Å². The quantitative estimate of drug-likeness (QED) is 0.786. The van der Waals surface area contributed by atoms with Crippen LogP contribution in [0, 0.1) is 0 Å². The van der Waals surface area contributed by atoms with Crippen LogP contribution in [0.2, 0.25) is 0 Å². The van der Waals surface area contributed by atoms with Gasteiger partial charge in [-0.1, -0.05) is 60.7 Å². The predicted molar refractivity (Wildman–Crippen MR) is 78.3 cm³/mol. The molecule has 1 heterocycles. The van der Waals surface area contributed by atoms with E-state index in [4.69, 9.17) is 0 Å². The van der Waals surface area contributed by atoms with Crippen molar-refractivity contribution in [3.05, 3.63) is 90.0 Å².